The van der Waals surface area contributed by atoms with Crippen LogP contribution in [0, 0.1) is 11.2 Å². The number of morpholine rings is 1. The summed E-state index contributed by atoms with van der Waals surface area (Å²) in [4.78, 5) is 15.3. The first-order valence-electron chi connectivity index (χ1n) is 7.29. The second-order valence-electron chi connectivity index (χ2n) is 5.32. The second kappa shape index (κ2) is 6.26. The highest BCUT2D eigenvalue weighted by molar-refractivity contribution is 5.94. The molecule has 1 aromatic carbocycles. The van der Waals surface area contributed by atoms with E-state index in [-0.39, 0.29) is 6.54 Å². The second-order valence-corrected chi connectivity index (χ2v) is 5.32. The number of carbonyl (C=O) groups is 1. The minimum atomic E-state index is -0.728. The standard InChI is InChI=1S/C14H17FN5O3/c1-18(17-16)12-9-20(14(21)23-12)11-4-2-3-10(15)13(11)19-5-7-22-8-6-19/h2-4,12H,5-9H2,1H3/q+1/t12-/m1/s1. The lowest BCUT2D eigenvalue weighted by Crippen LogP contribution is -2.38. The minimum Gasteiger partial charge on any atom is -0.416 e. The molecule has 1 atom stereocenters. The maximum atomic E-state index is 14.4. The predicted octanol–water partition coefficient (Wildman–Crippen LogP) is 1.64. The molecule has 2 heterocycles. The molecule has 1 aromatic rings. The number of ether oxygens (including phenoxy) is 2. The van der Waals surface area contributed by atoms with Crippen molar-refractivity contribution < 1.29 is 18.7 Å². The first-order chi connectivity index (χ1) is 11.1. The topological polar surface area (TPSA) is 73.4 Å². The number of halogens is 1. The third kappa shape index (κ3) is 2.85. The molecule has 2 fully saturated rings. The van der Waals surface area contributed by atoms with E-state index in [2.05, 4.69) is 5.08 Å². The van der Waals surface area contributed by atoms with Crippen LogP contribution in [0.5, 0.6) is 0 Å². The molecule has 0 bridgehead atoms. The van der Waals surface area contributed by atoms with E-state index in [0.717, 1.165) is 5.01 Å². The van der Waals surface area contributed by atoms with Gasteiger partial charge in [-0.05, 0) is 12.1 Å². The fourth-order valence-electron chi connectivity index (χ4n) is 2.72. The summed E-state index contributed by atoms with van der Waals surface area (Å²) in [5.74, 6) is -0.402. The number of cyclic esters (lactones) is 1. The highest BCUT2D eigenvalue weighted by atomic mass is 19.1. The summed E-state index contributed by atoms with van der Waals surface area (Å²) in [6.07, 6.45) is -1.33. The molecule has 2 saturated heterocycles. The molecule has 3 rings (SSSR count). The first kappa shape index (κ1) is 15.3. The van der Waals surface area contributed by atoms with Gasteiger partial charge in [0.15, 0.2) is 0 Å². The lowest BCUT2D eigenvalue weighted by Gasteiger charge is -2.32. The highest BCUT2D eigenvalue weighted by Crippen LogP contribution is 2.35. The molecule has 9 heteroatoms. The summed E-state index contributed by atoms with van der Waals surface area (Å²) in [5, 5.41) is 12.9. The number of nitrogens with zero attached hydrogens (tertiary/aromatic N) is 5. The first-order valence-corrected chi connectivity index (χ1v) is 7.29. The Labute approximate surface area is 132 Å². The third-order valence-electron chi connectivity index (χ3n) is 3.94. The van der Waals surface area contributed by atoms with Gasteiger partial charge < -0.3 is 14.4 Å². The van der Waals surface area contributed by atoms with Gasteiger partial charge in [-0.25, -0.2) is 9.18 Å². The minimum absolute atomic E-state index is 0.139. The molecular weight excluding hydrogens is 305 g/mol. The van der Waals surface area contributed by atoms with Crippen LogP contribution >= 0.6 is 0 Å². The molecular formula is C14H17FN5O3+. The van der Waals surface area contributed by atoms with Crippen molar-refractivity contribution in [2.45, 2.75) is 6.23 Å². The molecule has 0 unspecified atom stereocenters. The fourth-order valence-corrected chi connectivity index (χ4v) is 2.72. The van der Waals surface area contributed by atoms with Gasteiger partial charge in [0.25, 0.3) is 11.6 Å². The van der Waals surface area contributed by atoms with Crippen LogP contribution in [0.25, 0.3) is 5.08 Å². The Balaban J connectivity index is 1.92. The van der Waals surface area contributed by atoms with Crippen molar-refractivity contribution in [2.75, 3.05) is 49.7 Å². The van der Waals surface area contributed by atoms with Crippen molar-refractivity contribution >= 4 is 17.5 Å². The van der Waals surface area contributed by atoms with E-state index in [9.17, 15) is 9.18 Å². The van der Waals surface area contributed by atoms with Crippen molar-refractivity contribution in [1.82, 2.24) is 5.01 Å². The maximum absolute atomic E-state index is 14.4. The van der Waals surface area contributed by atoms with Gasteiger partial charge in [0.05, 0.1) is 38.2 Å². The molecule has 2 aliphatic rings. The van der Waals surface area contributed by atoms with Crippen molar-refractivity contribution in [2.24, 2.45) is 0 Å². The molecule has 2 aliphatic heterocycles. The summed E-state index contributed by atoms with van der Waals surface area (Å²) in [6.45, 7) is 2.25. The van der Waals surface area contributed by atoms with Gasteiger partial charge in [0.1, 0.15) is 5.82 Å². The van der Waals surface area contributed by atoms with Crippen LogP contribution in [0.1, 0.15) is 0 Å². The zero-order chi connectivity index (χ0) is 16.4. The molecule has 8 nitrogen and oxygen atoms in total. The zero-order valence-electron chi connectivity index (χ0n) is 12.7. The van der Waals surface area contributed by atoms with Crippen LogP contribution in [0.4, 0.5) is 20.6 Å². The number of hydrogen-bond acceptors (Lipinski definition) is 6. The molecule has 1 amide bonds. The average molecular weight is 322 g/mol. The van der Waals surface area contributed by atoms with E-state index in [1.807, 2.05) is 4.90 Å². The Morgan fingerprint density at radius 2 is 2.13 bits per heavy atom. The average Bonchev–Trinajstić information content (AvgIpc) is 2.96. The van der Waals surface area contributed by atoms with Gasteiger partial charge in [0, 0.05) is 18.1 Å². The van der Waals surface area contributed by atoms with Crippen molar-refractivity contribution in [3.8, 4) is 0 Å². The largest absolute Gasteiger partial charge is 0.416 e. The molecule has 0 saturated carbocycles. The van der Waals surface area contributed by atoms with Crippen LogP contribution in [0.3, 0.4) is 0 Å². The summed E-state index contributed by atoms with van der Waals surface area (Å²) < 4.78 is 24.9. The van der Waals surface area contributed by atoms with Gasteiger partial charge in [0.2, 0.25) is 0 Å². The maximum Gasteiger partial charge on any atom is 0.416 e. The van der Waals surface area contributed by atoms with E-state index in [0.29, 0.717) is 37.7 Å². The normalized spacial score (nSPS) is 21.1. The summed E-state index contributed by atoms with van der Waals surface area (Å²) in [6, 6.07) is 4.59. The van der Waals surface area contributed by atoms with E-state index >= 15 is 0 Å². The Bertz CT molecular complexity index is 644. The number of carbonyl (C=O) groups excluding carboxylic acids is 1. The van der Waals surface area contributed by atoms with Gasteiger partial charge in [-0.1, -0.05) is 6.07 Å². The Kier molecular flexibility index (Phi) is 4.16. The van der Waals surface area contributed by atoms with Crippen LogP contribution in [0.2, 0.25) is 0 Å². The van der Waals surface area contributed by atoms with Crippen molar-refractivity contribution in [1.29, 1.82) is 5.39 Å². The molecule has 0 aromatic heterocycles. The molecule has 23 heavy (non-hydrogen) atoms. The smallest absolute Gasteiger partial charge is 0.416 e. The van der Waals surface area contributed by atoms with E-state index < -0.39 is 18.1 Å². The third-order valence-corrected chi connectivity index (χ3v) is 3.94. The quantitative estimate of drug-likeness (QED) is 0.622. The number of para-hydroxylation sites is 1. The zero-order valence-corrected chi connectivity index (χ0v) is 12.7. The number of amides is 1. The predicted molar refractivity (Wildman–Crippen MR) is 79.9 cm³/mol. The number of rotatable bonds is 3. The number of likely N-dealkylation sites (N-methyl/N-ethyl adjacent to an activating group) is 1. The number of benzene rings is 1. The van der Waals surface area contributed by atoms with Gasteiger partial charge in [-0.15, -0.1) is 0 Å². The van der Waals surface area contributed by atoms with E-state index in [1.54, 1.807) is 12.1 Å². The Morgan fingerprint density at radius 3 is 2.83 bits per heavy atom. The monoisotopic (exact) mass is 322 g/mol. The van der Waals surface area contributed by atoms with Crippen LogP contribution < -0.4 is 9.80 Å². The summed E-state index contributed by atoms with van der Waals surface area (Å²) >= 11 is 0. The Morgan fingerprint density at radius 1 is 1.39 bits per heavy atom. The van der Waals surface area contributed by atoms with Crippen LogP contribution in [0.15, 0.2) is 18.2 Å². The molecule has 0 radical (unpaired) electrons. The van der Waals surface area contributed by atoms with Gasteiger partial charge >= 0.3 is 11.2 Å². The lowest BCUT2D eigenvalue weighted by atomic mass is 10.2. The molecule has 0 aliphatic carbocycles. The lowest BCUT2D eigenvalue weighted by molar-refractivity contribution is 0.0639. The van der Waals surface area contributed by atoms with Gasteiger partial charge in [-0.3, -0.25) is 4.90 Å². The highest BCUT2D eigenvalue weighted by Gasteiger charge is 2.41. The number of anilines is 2. The van der Waals surface area contributed by atoms with E-state index in [4.69, 9.17) is 14.9 Å². The van der Waals surface area contributed by atoms with Crippen LogP contribution in [-0.4, -0.2) is 57.2 Å². The fraction of sp³-hybridized carbons (Fsp3) is 0.500. The molecule has 0 N–H and O–H groups in total. The molecule has 122 valence electrons. The summed E-state index contributed by atoms with van der Waals surface area (Å²) in [7, 11) is 1.48. The van der Waals surface area contributed by atoms with Crippen molar-refractivity contribution in [3.05, 3.63) is 29.1 Å². The number of hydrogen-bond donors (Lipinski definition) is 0. The summed E-state index contributed by atoms with van der Waals surface area (Å²) in [5.41, 5.74) is 0.794. The van der Waals surface area contributed by atoms with Crippen LogP contribution in [-0.2, 0) is 9.47 Å². The molecule has 0 spiro atoms. The van der Waals surface area contributed by atoms with Gasteiger partial charge in [-0.2, -0.15) is 0 Å². The van der Waals surface area contributed by atoms with E-state index in [1.165, 1.54) is 18.0 Å². The SMILES string of the molecule is CN([N+]#N)[C@H]1CN(c2cccc(F)c2N2CCOCC2)C(=O)O1. The Hall–Kier alpha value is -2.60. The van der Waals surface area contributed by atoms with Crippen molar-refractivity contribution in [3.63, 3.8) is 0 Å². The number of diazo groups is 1.